The fraction of sp³-hybridized carbons (Fsp3) is 0.429. The summed E-state index contributed by atoms with van der Waals surface area (Å²) in [7, 11) is 4.15. The van der Waals surface area contributed by atoms with Gasteiger partial charge in [-0.15, -0.1) is 0 Å². The number of rotatable bonds is 4. The van der Waals surface area contributed by atoms with E-state index in [4.69, 9.17) is 0 Å². The molecule has 0 radical (unpaired) electrons. The zero-order valence-electron chi connectivity index (χ0n) is 10.2. The Kier molecular flexibility index (Phi) is 4.41. The van der Waals surface area contributed by atoms with Crippen LogP contribution in [0.4, 0.5) is 0 Å². The van der Waals surface area contributed by atoms with Crippen LogP contribution >= 0.6 is 0 Å². The van der Waals surface area contributed by atoms with Crippen molar-refractivity contribution in [2.45, 2.75) is 20.3 Å². The third kappa shape index (κ3) is 4.20. The smallest absolute Gasteiger partial charge is 0.00557 e. The first kappa shape index (κ1) is 11.8. The molecular weight excluding hydrogens is 182 g/mol. The van der Waals surface area contributed by atoms with E-state index in [9.17, 15) is 0 Å². The lowest BCUT2D eigenvalue weighted by Gasteiger charge is -2.14. The molecule has 0 saturated heterocycles. The van der Waals surface area contributed by atoms with Gasteiger partial charge in [-0.25, -0.2) is 0 Å². The zero-order chi connectivity index (χ0) is 11.3. The van der Waals surface area contributed by atoms with E-state index >= 15 is 0 Å². The Bertz CT molecular complexity index is 309. The zero-order valence-corrected chi connectivity index (χ0v) is 10.2. The molecule has 0 aliphatic carbocycles. The molecule has 0 atom stereocenters. The molecule has 0 saturated carbocycles. The first-order chi connectivity index (χ1) is 7.09. The lowest BCUT2D eigenvalue weighted by Crippen LogP contribution is -2.04. The van der Waals surface area contributed by atoms with Gasteiger partial charge in [-0.1, -0.05) is 44.2 Å². The van der Waals surface area contributed by atoms with Crippen molar-refractivity contribution >= 4 is 5.57 Å². The van der Waals surface area contributed by atoms with Crippen molar-refractivity contribution < 1.29 is 0 Å². The van der Waals surface area contributed by atoms with Gasteiger partial charge in [0.25, 0.3) is 0 Å². The van der Waals surface area contributed by atoms with Crippen LogP contribution in [0, 0.1) is 5.92 Å². The number of allylic oxidation sites excluding steroid dienone is 1. The van der Waals surface area contributed by atoms with Gasteiger partial charge in [0.05, 0.1) is 0 Å². The van der Waals surface area contributed by atoms with Crippen LogP contribution < -0.4 is 0 Å². The maximum atomic E-state index is 2.26. The molecule has 0 bridgehead atoms. The number of hydrogen-bond donors (Lipinski definition) is 0. The molecule has 1 rings (SSSR count). The highest BCUT2D eigenvalue weighted by Gasteiger charge is 2.04. The molecule has 1 aromatic rings. The Hall–Kier alpha value is -1.24. The van der Waals surface area contributed by atoms with Gasteiger partial charge in [0, 0.05) is 20.3 Å². The average molecular weight is 203 g/mol. The van der Waals surface area contributed by atoms with Gasteiger partial charge in [-0.05, 0) is 23.5 Å². The van der Waals surface area contributed by atoms with Gasteiger partial charge in [0.1, 0.15) is 0 Å². The third-order valence-corrected chi connectivity index (χ3v) is 2.19. The van der Waals surface area contributed by atoms with Gasteiger partial charge in [-0.2, -0.15) is 0 Å². The van der Waals surface area contributed by atoms with E-state index in [1.54, 1.807) is 0 Å². The van der Waals surface area contributed by atoms with Crippen molar-refractivity contribution in [3.8, 4) is 0 Å². The van der Waals surface area contributed by atoms with Crippen LogP contribution in [0.1, 0.15) is 25.8 Å². The number of benzene rings is 1. The fourth-order valence-corrected chi connectivity index (χ4v) is 1.65. The van der Waals surface area contributed by atoms with Gasteiger partial charge in [0.2, 0.25) is 0 Å². The minimum atomic E-state index is 0.691. The highest BCUT2D eigenvalue weighted by molar-refractivity contribution is 5.65. The first-order valence-electron chi connectivity index (χ1n) is 5.52. The van der Waals surface area contributed by atoms with Crippen LogP contribution in [-0.2, 0) is 0 Å². The van der Waals surface area contributed by atoms with E-state index < -0.39 is 0 Å². The minimum absolute atomic E-state index is 0.691. The van der Waals surface area contributed by atoms with Crippen LogP contribution in [0.2, 0.25) is 0 Å². The lowest BCUT2D eigenvalue weighted by molar-refractivity contribution is 0.559. The highest BCUT2D eigenvalue weighted by Crippen LogP contribution is 2.22. The molecule has 0 aliphatic heterocycles. The summed E-state index contributed by atoms with van der Waals surface area (Å²) in [5.41, 5.74) is 2.75. The number of hydrogen-bond acceptors (Lipinski definition) is 1. The van der Waals surface area contributed by atoms with Crippen LogP contribution in [0.5, 0.6) is 0 Å². The van der Waals surface area contributed by atoms with Crippen molar-refractivity contribution in [3.05, 3.63) is 42.1 Å². The molecule has 0 heterocycles. The standard InChI is InChI=1S/C14H21N/c1-12(2)10-14(11-15(3)4)13-8-6-5-7-9-13/h5-9,11-12H,10H2,1-4H3. The van der Waals surface area contributed by atoms with E-state index in [1.807, 2.05) is 0 Å². The predicted octanol–water partition coefficient (Wildman–Crippen LogP) is 3.64. The maximum Gasteiger partial charge on any atom is 0.00557 e. The molecular formula is C14H21N. The van der Waals surface area contributed by atoms with Gasteiger partial charge in [-0.3, -0.25) is 0 Å². The van der Waals surface area contributed by atoms with Gasteiger partial charge in [0.15, 0.2) is 0 Å². The van der Waals surface area contributed by atoms with E-state index in [-0.39, 0.29) is 0 Å². The van der Waals surface area contributed by atoms with E-state index in [1.165, 1.54) is 11.1 Å². The van der Waals surface area contributed by atoms with Crippen molar-refractivity contribution in [3.63, 3.8) is 0 Å². The van der Waals surface area contributed by atoms with E-state index in [2.05, 4.69) is 69.4 Å². The fourth-order valence-electron chi connectivity index (χ4n) is 1.65. The average Bonchev–Trinajstić information content (AvgIpc) is 2.17. The third-order valence-electron chi connectivity index (χ3n) is 2.19. The largest absolute Gasteiger partial charge is 0.383 e. The molecule has 1 heteroatoms. The summed E-state index contributed by atoms with van der Waals surface area (Å²) in [5.74, 6) is 0.691. The summed E-state index contributed by atoms with van der Waals surface area (Å²) in [5, 5.41) is 0. The number of nitrogens with zero attached hydrogens (tertiary/aromatic N) is 1. The molecule has 1 aromatic carbocycles. The molecule has 1 nitrogen and oxygen atoms in total. The van der Waals surface area contributed by atoms with Crippen LogP contribution in [0.25, 0.3) is 5.57 Å². The molecule has 0 unspecified atom stereocenters. The Morgan fingerprint density at radius 3 is 2.27 bits per heavy atom. The first-order valence-corrected chi connectivity index (χ1v) is 5.52. The summed E-state index contributed by atoms with van der Waals surface area (Å²) >= 11 is 0. The van der Waals surface area contributed by atoms with Crippen LogP contribution in [0.3, 0.4) is 0 Å². The van der Waals surface area contributed by atoms with Crippen molar-refractivity contribution in [1.82, 2.24) is 4.90 Å². The minimum Gasteiger partial charge on any atom is -0.383 e. The quantitative estimate of drug-likeness (QED) is 0.722. The Labute approximate surface area is 93.4 Å². The lowest BCUT2D eigenvalue weighted by atomic mass is 9.97. The monoisotopic (exact) mass is 203 g/mol. The van der Waals surface area contributed by atoms with Crippen molar-refractivity contribution in [1.29, 1.82) is 0 Å². The summed E-state index contributed by atoms with van der Waals surface area (Å²) in [6.07, 6.45) is 3.34. The summed E-state index contributed by atoms with van der Waals surface area (Å²) < 4.78 is 0. The normalized spacial score (nSPS) is 11.9. The van der Waals surface area contributed by atoms with Crippen LogP contribution in [0.15, 0.2) is 36.5 Å². The topological polar surface area (TPSA) is 3.24 Å². The Morgan fingerprint density at radius 1 is 1.20 bits per heavy atom. The second-order valence-corrected chi connectivity index (χ2v) is 4.58. The summed E-state index contributed by atoms with van der Waals surface area (Å²) in [6.45, 7) is 4.51. The molecule has 0 aliphatic rings. The maximum absolute atomic E-state index is 2.26. The summed E-state index contributed by atoms with van der Waals surface area (Å²) in [4.78, 5) is 2.12. The van der Waals surface area contributed by atoms with Gasteiger partial charge < -0.3 is 4.90 Å². The van der Waals surface area contributed by atoms with E-state index in [0.29, 0.717) is 5.92 Å². The SMILES string of the molecule is CC(C)CC(=CN(C)C)c1ccccc1. The molecule has 15 heavy (non-hydrogen) atoms. The highest BCUT2D eigenvalue weighted by atomic mass is 15.0. The second kappa shape index (κ2) is 5.59. The van der Waals surface area contributed by atoms with Gasteiger partial charge >= 0.3 is 0 Å². The molecule has 82 valence electrons. The molecule has 0 fully saturated rings. The second-order valence-electron chi connectivity index (χ2n) is 4.58. The Morgan fingerprint density at radius 2 is 1.80 bits per heavy atom. The molecule has 0 amide bonds. The van der Waals surface area contributed by atoms with E-state index in [0.717, 1.165) is 6.42 Å². The van der Waals surface area contributed by atoms with Crippen molar-refractivity contribution in [2.24, 2.45) is 5.92 Å². The van der Waals surface area contributed by atoms with Crippen LogP contribution in [-0.4, -0.2) is 19.0 Å². The Balaban J connectivity index is 2.92. The molecule has 0 spiro atoms. The summed E-state index contributed by atoms with van der Waals surface area (Å²) in [6, 6.07) is 10.6. The molecule has 0 N–H and O–H groups in total. The predicted molar refractivity (Wildman–Crippen MR) is 67.6 cm³/mol. The molecule has 0 aromatic heterocycles. The van der Waals surface area contributed by atoms with Crippen molar-refractivity contribution in [2.75, 3.05) is 14.1 Å².